The van der Waals surface area contributed by atoms with Gasteiger partial charge in [0.15, 0.2) is 4.34 Å². The van der Waals surface area contributed by atoms with E-state index in [1.54, 1.807) is 20.8 Å². The molecular weight excluding hydrogens is 424 g/mol. The lowest BCUT2D eigenvalue weighted by atomic mass is 9.98. The Balaban J connectivity index is 1.71. The number of nitrogens with two attached hydrogens (primary N) is 1. The van der Waals surface area contributed by atoms with Gasteiger partial charge >= 0.3 is 11.9 Å². The molecule has 3 heterocycles. The first-order chi connectivity index (χ1) is 13.2. The number of ether oxygens (including phenoxy) is 2. The summed E-state index contributed by atoms with van der Waals surface area (Å²) in [4.78, 5) is 42.2. The van der Waals surface area contributed by atoms with Crippen molar-refractivity contribution in [1.82, 2.24) is 14.3 Å². The van der Waals surface area contributed by atoms with Gasteiger partial charge in [0.2, 0.25) is 12.7 Å². The number of thioether (sulfide) groups is 2. The van der Waals surface area contributed by atoms with E-state index in [0.717, 1.165) is 9.91 Å². The van der Waals surface area contributed by atoms with Gasteiger partial charge < -0.3 is 15.2 Å². The van der Waals surface area contributed by atoms with E-state index >= 15 is 0 Å². The molecule has 3 rings (SSSR count). The van der Waals surface area contributed by atoms with E-state index in [1.807, 2.05) is 0 Å². The maximum atomic E-state index is 12.7. The van der Waals surface area contributed by atoms with Crippen LogP contribution in [-0.4, -0.2) is 61.8 Å². The Labute approximate surface area is 174 Å². The normalized spacial score (nSPS) is 21.9. The predicted octanol–water partition coefficient (Wildman–Crippen LogP) is 1.22. The molecule has 0 saturated carbocycles. The maximum Gasteiger partial charge on any atom is 0.357 e. The summed E-state index contributed by atoms with van der Waals surface area (Å²) in [5.41, 5.74) is 6.06. The highest BCUT2D eigenvalue weighted by Gasteiger charge is 2.52. The van der Waals surface area contributed by atoms with Gasteiger partial charge in [-0.3, -0.25) is 14.5 Å². The number of carbonyl (C=O) groups excluding carboxylic acids is 3. The summed E-state index contributed by atoms with van der Waals surface area (Å²) in [6.45, 7) is 4.59. The molecule has 0 bridgehead atoms. The molecule has 0 aromatic carbocycles. The second-order valence-corrected chi connectivity index (χ2v) is 10.2. The Morgan fingerprint density at radius 3 is 2.79 bits per heavy atom. The minimum absolute atomic E-state index is 0.180. The molecule has 2 aliphatic rings. The lowest BCUT2D eigenvalue weighted by Gasteiger charge is -2.48. The lowest BCUT2D eigenvalue weighted by Crippen LogP contribution is -2.68. The van der Waals surface area contributed by atoms with Gasteiger partial charge in [-0.05, 0) is 37.9 Å². The highest BCUT2D eigenvalue weighted by atomic mass is 32.2. The van der Waals surface area contributed by atoms with Crippen LogP contribution >= 0.6 is 35.1 Å². The largest absolute Gasteiger partial charge is 0.427 e. The van der Waals surface area contributed by atoms with Crippen LogP contribution < -0.4 is 5.73 Å². The molecule has 12 heteroatoms. The van der Waals surface area contributed by atoms with Crippen molar-refractivity contribution >= 4 is 52.9 Å². The van der Waals surface area contributed by atoms with Crippen molar-refractivity contribution in [2.24, 2.45) is 11.1 Å². The molecule has 9 nitrogen and oxygen atoms in total. The van der Waals surface area contributed by atoms with Gasteiger partial charge in [0.05, 0.1) is 5.41 Å². The van der Waals surface area contributed by atoms with Crippen LogP contribution in [0.5, 0.6) is 0 Å². The van der Waals surface area contributed by atoms with Crippen LogP contribution in [0.4, 0.5) is 0 Å². The number of fused-ring (bicyclic) bond motifs is 1. The highest BCUT2D eigenvalue weighted by molar-refractivity contribution is 8.01. The third kappa shape index (κ3) is 4.34. The lowest BCUT2D eigenvalue weighted by molar-refractivity contribution is -0.173. The van der Waals surface area contributed by atoms with E-state index in [-0.39, 0.29) is 17.0 Å². The highest BCUT2D eigenvalue weighted by Crippen LogP contribution is 2.41. The molecule has 0 radical (unpaired) electrons. The Kier molecular flexibility index (Phi) is 6.32. The number of amides is 1. The number of hydrogen-bond donors (Lipinski definition) is 1. The maximum absolute atomic E-state index is 12.7. The van der Waals surface area contributed by atoms with Crippen LogP contribution in [0.2, 0.25) is 0 Å². The van der Waals surface area contributed by atoms with E-state index in [4.69, 9.17) is 15.2 Å². The van der Waals surface area contributed by atoms with Gasteiger partial charge in [-0.25, -0.2) is 9.78 Å². The van der Waals surface area contributed by atoms with Crippen molar-refractivity contribution in [3.05, 3.63) is 17.6 Å². The fourth-order valence-corrected chi connectivity index (χ4v) is 5.35. The fraction of sp³-hybridized carbons (Fsp3) is 0.562. The predicted molar refractivity (Wildman–Crippen MR) is 105 cm³/mol. The van der Waals surface area contributed by atoms with Crippen molar-refractivity contribution < 1.29 is 23.9 Å². The first kappa shape index (κ1) is 21.1. The van der Waals surface area contributed by atoms with Crippen LogP contribution in [0, 0.1) is 5.41 Å². The summed E-state index contributed by atoms with van der Waals surface area (Å²) in [5, 5.41) is -0.289. The average Bonchev–Trinajstić information content (AvgIpc) is 3.17. The second kappa shape index (κ2) is 8.39. The Hall–Kier alpha value is -1.63. The van der Waals surface area contributed by atoms with Crippen molar-refractivity contribution in [3.63, 3.8) is 0 Å². The van der Waals surface area contributed by atoms with E-state index in [9.17, 15) is 14.4 Å². The van der Waals surface area contributed by atoms with Crippen LogP contribution in [0.1, 0.15) is 20.8 Å². The molecule has 0 spiro atoms. The Morgan fingerprint density at radius 1 is 1.39 bits per heavy atom. The summed E-state index contributed by atoms with van der Waals surface area (Å²) in [6, 6.07) is -0.635. The fourth-order valence-electron chi connectivity index (χ4n) is 2.48. The van der Waals surface area contributed by atoms with E-state index in [1.165, 1.54) is 46.3 Å². The molecule has 1 aromatic heterocycles. The topological polar surface area (TPSA) is 125 Å². The van der Waals surface area contributed by atoms with Crippen molar-refractivity contribution in [2.45, 2.75) is 36.5 Å². The zero-order chi connectivity index (χ0) is 20.5. The molecule has 28 heavy (non-hydrogen) atoms. The first-order valence-electron chi connectivity index (χ1n) is 8.36. The third-order valence-corrected chi connectivity index (χ3v) is 7.23. The van der Waals surface area contributed by atoms with Gasteiger partial charge in [-0.15, -0.1) is 11.8 Å². The molecule has 152 valence electrons. The van der Waals surface area contributed by atoms with Crippen LogP contribution in [-0.2, 0) is 23.9 Å². The minimum atomic E-state index is -0.708. The van der Waals surface area contributed by atoms with Crippen LogP contribution in [0.3, 0.4) is 0 Å². The van der Waals surface area contributed by atoms with E-state index in [2.05, 4.69) is 9.36 Å². The number of rotatable bonds is 6. The molecule has 1 saturated heterocycles. The number of β-lactam (4-membered cyclic amide) rings is 1. The van der Waals surface area contributed by atoms with Crippen molar-refractivity contribution in [2.75, 3.05) is 18.3 Å². The summed E-state index contributed by atoms with van der Waals surface area (Å²) in [7, 11) is 0. The molecule has 1 fully saturated rings. The molecule has 1 amide bonds. The summed E-state index contributed by atoms with van der Waals surface area (Å²) in [5.74, 6) is -0.518. The quantitative estimate of drug-likeness (QED) is 0.296. The summed E-state index contributed by atoms with van der Waals surface area (Å²) < 4.78 is 14.8. The SMILES string of the molecule is CC(C)(C)C(=O)OCOC(=O)C1=C(CSc2ncns2)CS[C@@H]2C(N)C(=O)N12. The van der Waals surface area contributed by atoms with Crippen LogP contribution in [0.25, 0.3) is 0 Å². The van der Waals surface area contributed by atoms with Gasteiger partial charge in [0, 0.05) is 11.5 Å². The van der Waals surface area contributed by atoms with Gasteiger partial charge in [0.1, 0.15) is 23.4 Å². The molecular formula is C16H20N4O5S3. The first-order valence-corrected chi connectivity index (χ1v) is 11.2. The van der Waals surface area contributed by atoms with E-state index < -0.39 is 30.2 Å². The monoisotopic (exact) mass is 444 g/mol. The van der Waals surface area contributed by atoms with Crippen molar-refractivity contribution in [1.29, 1.82) is 0 Å². The van der Waals surface area contributed by atoms with Crippen LogP contribution in [0.15, 0.2) is 21.9 Å². The summed E-state index contributed by atoms with van der Waals surface area (Å²) in [6.07, 6.45) is 1.46. The van der Waals surface area contributed by atoms with Gasteiger partial charge in [-0.2, -0.15) is 4.37 Å². The number of aromatic nitrogens is 2. The standard InChI is InChI=1S/C16H20N4O5S3/c1-16(2,3)14(23)25-7-24-13(22)10-8(5-27-15-18-6-19-28-15)4-26-12-9(17)11(21)20(10)12/h6,9,12H,4-5,7,17H2,1-3H3/t9?,12-/m1/s1. The molecule has 2 N–H and O–H groups in total. The number of nitrogens with zero attached hydrogens (tertiary/aromatic N) is 3. The van der Waals surface area contributed by atoms with Gasteiger partial charge in [0.25, 0.3) is 0 Å². The molecule has 1 unspecified atom stereocenters. The molecule has 0 aliphatic carbocycles. The Morgan fingerprint density at radius 2 is 2.14 bits per heavy atom. The number of carbonyl (C=O) groups is 3. The average molecular weight is 445 g/mol. The smallest absolute Gasteiger partial charge is 0.357 e. The summed E-state index contributed by atoms with van der Waals surface area (Å²) >= 11 is 4.19. The van der Waals surface area contributed by atoms with E-state index in [0.29, 0.717) is 11.5 Å². The second-order valence-electron chi connectivity index (χ2n) is 7.12. The molecule has 1 aromatic rings. The molecule has 2 aliphatic heterocycles. The van der Waals surface area contributed by atoms with Crippen molar-refractivity contribution in [3.8, 4) is 0 Å². The van der Waals surface area contributed by atoms with Gasteiger partial charge in [-0.1, -0.05) is 11.8 Å². The zero-order valence-corrected chi connectivity index (χ0v) is 18.0. The zero-order valence-electron chi connectivity index (χ0n) is 15.5. The minimum Gasteiger partial charge on any atom is -0.427 e. The molecule has 2 atom stereocenters. The Bertz CT molecular complexity index is 806. The number of esters is 2. The third-order valence-electron chi connectivity index (χ3n) is 3.99. The number of hydrogen-bond acceptors (Lipinski definition) is 11.